The molecule has 16 atom stereocenters. The highest BCUT2D eigenvalue weighted by Gasteiger charge is 2.48. The van der Waals surface area contributed by atoms with E-state index in [1.54, 1.807) is 14.2 Å². The Morgan fingerprint density at radius 3 is 2.34 bits per heavy atom. The molecule has 5 fully saturated rings. The molecule has 0 bridgehead atoms. The van der Waals surface area contributed by atoms with Crippen LogP contribution in [0.4, 0.5) is 0 Å². The van der Waals surface area contributed by atoms with Gasteiger partial charge in [-0.3, -0.25) is 5.73 Å². The Balaban J connectivity index is 1.22. The monoisotopic (exact) mass is 672 g/mol. The van der Waals surface area contributed by atoms with E-state index < -0.39 is 18.3 Å². The van der Waals surface area contributed by atoms with Crippen LogP contribution >= 0.6 is 0 Å². The minimum atomic E-state index is -0.724. The van der Waals surface area contributed by atoms with Crippen LogP contribution < -0.4 is 16.4 Å². The molecule has 0 amide bonds. The van der Waals surface area contributed by atoms with Gasteiger partial charge in [0.2, 0.25) is 0 Å². The molecule has 47 heavy (non-hydrogen) atoms. The zero-order valence-electron chi connectivity index (χ0n) is 29.4. The lowest BCUT2D eigenvalue weighted by molar-refractivity contribution is -0.736. The molecule has 0 aromatic heterocycles. The third-order valence-corrected chi connectivity index (χ3v) is 12.9. The van der Waals surface area contributed by atoms with E-state index in [9.17, 15) is 20.4 Å². The maximum Gasteiger partial charge on any atom is 0.137 e. The maximum atomic E-state index is 11.4. The molecular formula is C36H69N3O8+2. The summed E-state index contributed by atoms with van der Waals surface area (Å²) in [5.41, 5.74) is 6.29. The largest absolute Gasteiger partial charge is 0.396 e. The van der Waals surface area contributed by atoms with Crippen molar-refractivity contribution in [3.8, 4) is 0 Å². The van der Waals surface area contributed by atoms with Crippen LogP contribution in [0, 0.1) is 29.6 Å². The Morgan fingerprint density at radius 1 is 0.809 bits per heavy atom. The number of ether oxygens (including phenoxy) is 4. The third-order valence-electron chi connectivity index (χ3n) is 12.9. The van der Waals surface area contributed by atoms with Crippen molar-refractivity contribution in [1.29, 1.82) is 0 Å². The topological polar surface area (TPSA) is 177 Å². The maximum absolute atomic E-state index is 11.4. The second-order valence-corrected chi connectivity index (χ2v) is 16.2. The van der Waals surface area contributed by atoms with Crippen LogP contribution in [0.25, 0.3) is 0 Å². The molecule has 2 saturated carbocycles. The van der Waals surface area contributed by atoms with Crippen molar-refractivity contribution in [3.63, 3.8) is 0 Å². The number of aliphatic hydroxyl groups excluding tert-OH is 4. The fraction of sp³-hybridized carbons (Fsp3) is 1.00. The molecule has 9 unspecified atom stereocenters. The highest BCUT2D eigenvalue weighted by molar-refractivity contribution is 4.97. The standard InChI is InChI=1S/C36H67N3O8/c1-21-4-7-24(14-23-10-12-38-34(37)16-23)28(39-21)20-46-33-18-25(17-32(45-3)35(33)43)36-27(11-13-40)30(42)19-26(47-36)8-5-22-6-9-29(41)31(15-22)44-2/h21-36,38-43H,4-20,37H2,1-3H3/p+2/t21-,22?,23?,24-,25?,26+,27+,28-,29?,30+,31?,32?,33?,34?,35?,36+/m1/s1. The lowest BCUT2D eigenvalue weighted by Crippen LogP contribution is -2.98. The molecule has 3 saturated heterocycles. The number of nitrogens with two attached hydrogens (primary N) is 3. The number of methoxy groups -OCH3 is 2. The molecule has 2 aliphatic carbocycles. The smallest absolute Gasteiger partial charge is 0.137 e. The molecule has 3 heterocycles. The minimum absolute atomic E-state index is 0.000937. The SMILES string of the molecule is COC1CC(CC[C@H]2C[C@H](O)[C@H](CCO)[C@H](C3CC(OC)C(O)C(OC[C@H]4[NH2+][C@H](C)CC[C@@H]4CC4CC[NH2+]C(N)C4)C3)O2)CCC1O. The minimum Gasteiger partial charge on any atom is -0.396 e. The summed E-state index contributed by atoms with van der Waals surface area (Å²) in [6, 6.07) is 0.914. The van der Waals surface area contributed by atoms with Gasteiger partial charge >= 0.3 is 0 Å². The number of piperidine rings is 2. The quantitative estimate of drug-likeness (QED) is 0.142. The van der Waals surface area contributed by atoms with Crippen molar-refractivity contribution in [2.24, 2.45) is 35.3 Å². The predicted octanol–water partition coefficient (Wildman–Crippen LogP) is 0.00950. The highest BCUT2D eigenvalue weighted by atomic mass is 16.5. The molecule has 274 valence electrons. The van der Waals surface area contributed by atoms with Crippen molar-refractivity contribution in [3.05, 3.63) is 0 Å². The van der Waals surface area contributed by atoms with Gasteiger partial charge in [0.25, 0.3) is 0 Å². The lowest BCUT2D eigenvalue weighted by Gasteiger charge is -2.48. The first kappa shape index (κ1) is 37.8. The summed E-state index contributed by atoms with van der Waals surface area (Å²) in [5, 5.41) is 47.7. The van der Waals surface area contributed by atoms with Gasteiger partial charge in [0, 0.05) is 39.1 Å². The van der Waals surface area contributed by atoms with E-state index in [2.05, 4.69) is 17.6 Å². The molecule has 0 spiro atoms. The summed E-state index contributed by atoms with van der Waals surface area (Å²) in [7, 11) is 3.33. The van der Waals surface area contributed by atoms with Crippen molar-refractivity contribution in [2.45, 2.75) is 164 Å². The Morgan fingerprint density at radius 2 is 1.60 bits per heavy atom. The van der Waals surface area contributed by atoms with Crippen LogP contribution in [0.15, 0.2) is 0 Å². The third kappa shape index (κ3) is 10.1. The first-order valence-corrected chi connectivity index (χ1v) is 19.1. The molecule has 11 nitrogen and oxygen atoms in total. The number of quaternary nitrogens is 2. The van der Waals surface area contributed by atoms with Gasteiger partial charge in [-0.25, -0.2) is 0 Å². The van der Waals surface area contributed by atoms with E-state index in [4.69, 9.17) is 24.7 Å². The first-order chi connectivity index (χ1) is 22.7. The molecular weight excluding hydrogens is 602 g/mol. The number of aliphatic hydroxyl groups is 4. The normalized spacial score (nSPS) is 46.7. The van der Waals surface area contributed by atoms with Crippen LogP contribution in [0.2, 0.25) is 0 Å². The Kier molecular flexibility index (Phi) is 14.6. The second kappa shape index (κ2) is 18.2. The molecule has 0 radical (unpaired) electrons. The lowest BCUT2D eigenvalue weighted by atomic mass is 9.72. The van der Waals surface area contributed by atoms with Crippen molar-refractivity contribution < 1.29 is 50.0 Å². The summed E-state index contributed by atoms with van der Waals surface area (Å²) >= 11 is 0. The Labute approximate surface area is 283 Å². The van der Waals surface area contributed by atoms with Gasteiger partial charge < -0.3 is 50.0 Å². The Bertz CT molecular complexity index is 919. The van der Waals surface area contributed by atoms with Gasteiger partial charge in [0.1, 0.15) is 18.3 Å². The highest BCUT2D eigenvalue weighted by Crippen LogP contribution is 2.42. The van der Waals surface area contributed by atoms with E-state index >= 15 is 0 Å². The van der Waals surface area contributed by atoms with Crippen molar-refractivity contribution >= 4 is 0 Å². The fourth-order valence-electron chi connectivity index (χ4n) is 10.1. The molecule has 3 aliphatic heterocycles. The molecule has 0 aromatic carbocycles. The molecule has 11 heteroatoms. The average Bonchev–Trinajstić information content (AvgIpc) is 3.06. The van der Waals surface area contributed by atoms with Crippen LogP contribution in [-0.4, -0.2) is 121 Å². The number of hydrogen-bond acceptors (Lipinski definition) is 9. The average molecular weight is 672 g/mol. The van der Waals surface area contributed by atoms with E-state index in [1.807, 2.05) is 0 Å². The van der Waals surface area contributed by atoms with Gasteiger partial charge in [-0.2, -0.15) is 0 Å². The van der Waals surface area contributed by atoms with Gasteiger partial charge in [0.15, 0.2) is 0 Å². The summed E-state index contributed by atoms with van der Waals surface area (Å²) in [4.78, 5) is 0. The summed E-state index contributed by atoms with van der Waals surface area (Å²) in [6.07, 6.45) is 10.0. The summed E-state index contributed by atoms with van der Waals surface area (Å²) in [5.74, 6) is 1.58. The predicted molar refractivity (Wildman–Crippen MR) is 177 cm³/mol. The zero-order chi connectivity index (χ0) is 33.5. The molecule has 5 aliphatic rings. The van der Waals surface area contributed by atoms with Gasteiger partial charge in [-0.05, 0) is 108 Å². The Hall–Kier alpha value is -0.440. The van der Waals surface area contributed by atoms with Gasteiger partial charge in [-0.1, -0.05) is 0 Å². The number of rotatable bonds is 13. The molecule has 0 aromatic rings. The van der Waals surface area contributed by atoms with Gasteiger partial charge in [0.05, 0.1) is 61.9 Å². The summed E-state index contributed by atoms with van der Waals surface area (Å²) < 4.78 is 24.9. The van der Waals surface area contributed by atoms with Crippen LogP contribution in [-0.2, 0) is 18.9 Å². The fourth-order valence-corrected chi connectivity index (χ4v) is 10.1. The van der Waals surface area contributed by atoms with Gasteiger partial charge in [-0.15, -0.1) is 0 Å². The van der Waals surface area contributed by atoms with Crippen molar-refractivity contribution in [2.75, 3.05) is 34.0 Å². The molecule has 10 N–H and O–H groups in total. The van der Waals surface area contributed by atoms with E-state index in [0.717, 1.165) is 45.1 Å². The first-order valence-electron chi connectivity index (χ1n) is 19.1. The van der Waals surface area contributed by atoms with Crippen LogP contribution in [0.5, 0.6) is 0 Å². The zero-order valence-corrected chi connectivity index (χ0v) is 29.4. The van der Waals surface area contributed by atoms with E-state index in [-0.39, 0.29) is 55.1 Å². The van der Waals surface area contributed by atoms with E-state index in [0.29, 0.717) is 62.1 Å². The van der Waals surface area contributed by atoms with Crippen LogP contribution in [0.1, 0.15) is 96.8 Å². The van der Waals surface area contributed by atoms with Crippen molar-refractivity contribution in [1.82, 2.24) is 0 Å². The number of hydrogen-bond donors (Lipinski definition) is 7. The van der Waals surface area contributed by atoms with Crippen LogP contribution in [0.3, 0.4) is 0 Å². The summed E-state index contributed by atoms with van der Waals surface area (Å²) in [6.45, 7) is 4.01. The van der Waals surface area contributed by atoms with E-state index in [1.165, 1.54) is 25.7 Å². The second-order valence-electron chi connectivity index (χ2n) is 16.2. The molecule has 5 rings (SSSR count).